The summed E-state index contributed by atoms with van der Waals surface area (Å²) >= 11 is 1.64. The number of hydrogen-bond donors (Lipinski definition) is 1. The summed E-state index contributed by atoms with van der Waals surface area (Å²) in [7, 11) is 0. The van der Waals surface area contributed by atoms with E-state index in [1.807, 2.05) is 23.8 Å². The fourth-order valence-corrected chi connectivity index (χ4v) is 2.88. The predicted octanol–water partition coefficient (Wildman–Crippen LogP) is 3.37. The second-order valence-electron chi connectivity index (χ2n) is 5.14. The van der Waals surface area contributed by atoms with Gasteiger partial charge in [0.1, 0.15) is 5.82 Å². The summed E-state index contributed by atoms with van der Waals surface area (Å²) in [6, 6.07) is 3.90. The Balaban J connectivity index is 2.01. The Bertz CT molecular complexity index is 553. The summed E-state index contributed by atoms with van der Waals surface area (Å²) in [4.78, 5) is 11.9. The van der Waals surface area contributed by atoms with Crippen molar-refractivity contribution in [2.75, 3.05) is 30.3 Å². The van der Waals surface area contributed by atoms with Crippen molar-refractivity contribution in [2.24, 2.45) is 0 Å². The average molecular weight is 320 g/mol. The third-order valence-electron chi connectivity index (χ3n) is 3.24. The monoisotopic (exact) mass is 320 g/mol. The number of aromatic nitrogens is 2. The van der Waals surface area contributed by atoms with E-state index in [9.17, 15) is 0 Å². The quantitative estimate of drug-likeness (QED) is 0.767. The molecule has 0 aliphatic rings. The van der Waals surface area contributed by atoms with Gasteiger partial charge in [-0.15, -0.1) is 11.3 Å². The van der Waals surface area contributed by atoms with Gasteiger partial charge >= 0.3 is 0 Å². The third kappa shape index (κ3) is 4.87. The highest BCUT2D eigenvalue weighted by atomic mass is 32.1. The normalized spacial score (nSPS) is 10.6. The summed E-state index contributed by atoms with van der Waals surface area (Å²) in [5.41, 5.74) is 8.85. The van der Waals surface area contributed by atoms with Crippen LogP contribution in [0.1, 0.15) is 31.6 Å². The number of pyridine rings is 1. The zero-order valence-corrected chi connectivity index (χ0v) is 14.1. The highest BCUT2D eigenvalue weighted by molar-refractivity contribution is 7.09. The van der Waals surface area contributed by atoms with Gasteiger partial charge in [0, 0.05) is 48.4 Å². The molecule has 0 aromatic carbocycles. The van der Waals surface area contributed by atoms with Crippen LogP contribution in [0.25, 0.3) is 0 Å². The maximum Gasteiger partial charge on any atom is 0.217 e. The van der Waals surface area contributed by atoms with E-state index in [2.05, 4.69) is 28.7 Å². The van der Waals surface area contributed by atoms with Crippen molar-refractivity contribution in [3.63, 3.8) is 0 Å². The smallest absolute Gasteiger partial charge is 0.217 e. The van der Waals surface area contributed by atoms with Crippen molar-refractivity contribution >= 4 is 22.8 Å². The topological polar surface area (TPSA) is 64.3 Å². The first-order valence-corrected chi connectivity index (χ1v) is 8.63. The minimum atomic E-state index is 0.502. The fourth-order valence-electron chi connectivity index (χ4n) is 2.30. The van der Waals surface area contributed by atoms with E-state index < -0.39 is 0 Å². The summed E-state index contributed by atoms with van der Waals surface area (Å²) in [6.45, 7) is 6.97. The fraction of sp³-hybridized carbons (Fsp3) is 0.500. The van der Waals surface area contributed by atoms with Gasteiger partial charge in [0.2, 0.25) is 5.88 Å². The minimum absolute atomic E-state index is 0.502. The molecule has 0 bridgehead atoms. The Morgan fingerprint density at radius 1 is 1.23 bits per heavy atom. The molecule has 2 N–H and O–H groups in total. The van der Waals surface area contributed by atoms with Crippen LogP contribution in [-0.2, 0) is 6.42 Å². The molecule has 2 aromatic rings. The number of nitrogens with zero attached hydrogens (tertiary/aromatic N) is 3. The lowest BCUT2D eigenvalue weighted by molar-refractivity contribution is 0.311. The van der Waals surface area contributed by atoms with Gasteiger partial charge in [0.15, 0.2) is 0 Å². The van der Waals surface area contributed by atoms with E-state index in [1.54, 1.807) is 11.3 Å². The van der Waals surface area contributed by atoms with E-state index in [1.165, 1.54) is 4.88 Å². The SMILES string of the molecule is CCCN(CCC)c1cc(N)nc(OCCc2cncs2)c1. The number of nitrogens with two attached hydrogens (primary N) is 1. The first kappa shape index (κ1) is 16.5. The van der Waals surface area contributed by atoms with Crippen LogP contribution in [0.5, 0.6) is 5.88 Å². The Labute approximate surface area is 136 Å². The number of rotatable bonds is 9. The number of nitrogen functional groups attached to an aromatic ring is 1. The van der Waals surface area contributed by atoms with Gasteiger partial charge in [-0.2, -0.15) is 4.98 Å². The summed E-state index contributed by atoms with van der Waals surface area (Å²) in [5, 5.41) is 0. The molecule has 0 amide bonds. The second-order valence-corrected chi connectivity index (χ2v) is 6.11. The second kappa shape index (κ2) is 8.58. The molecule has 0 aliphatic heterocycles. The van der Waals surface area contributed by atoms with E-state index >= 15 is 0 Å². The Kier molecular flexibility index (Phi) is 6.45. The van der Waals surface area contributed by atoms with E-state index in [0.717, 1.165) is 38.0 Å². The first-order valence-electron chi connectivity index (χ1n) is 7.75. The van der Waals surface area contributed by atoms with E-state index in [4.69, 9.17) is 10.5 Å². The van der Waals surface area contributed by atoms with Crippen LogP contribution in [0, 0.1) is 0 Å². The van der Waals surface area contributed by atoms with Crippen LogP contribution in [0.3, 0.4) is 0 Å². The van der Waals surface area contributed by atoms with Crippen LogP contribution in [0.15, 0.2) is 23.8 Å². The highest BCUT2D eigenvalue weighted by Crippen LogP contribution is 2.23. The molecule has 5 nitrogen and oxygen atoms in total. The molecule has 2 aromatic heterocycles. The molecule has 22 heavy (non-hydrogen) atoms. The highest BCUT2D eigenvalue weighted by Gasteiger charge is 2.09. The largest absolute Gasteiger partial charge is 0.477 e. The van der Waals surface area contributed by atoms with Gasteiger partial charge in [0.25, 0.3) is 0 Å². The van der Waals surface area contributed by atoms with Crippen molar-refractivity contribution in [3.05, 3.63) is 28.7 Å². The maximum absolute atomic E-state index is 5.93. The third-order valence-corrected chi connectivity index (χ3v) is 4.08. The predicted molar refractivity (Wildman–Crippen MR) is 92.8 cm³/mol. The lowest BCUT2D eigenvalue weighted by Gasteiger charge is -2.24. The molecule has 6 heteroatoms. The molecule has 0 saturated carbocycles. The van der Waals surface area contributed by atoms with Gasteiger partial charge in [-0.05, 0) is 12.8 Å². The van der Waals surface area contributed by atoms with Crippen LogP contribution in [-0.4, -0.2) is 29.7 Å². The van der Waals surface area contributed by atoms with E-state index in [-0.39, 0.29) is 0 Å². The maximum atomic E-state index is 5.93. The molecule has 2 rings (SSSR count). The van der Waals surface area contributed by atoms with Crippen LogP contribution < -0.4 is 15.4 Å². The van der Waals surface area contributed by atoms with Gasteiger partial charge in [0.05, 0.1) is 12.1 Å². The van der Waals surface area contributed by atoms with Gasteiger partial charge < -0.3 is 15.4 Å². The number of ether oxygens (including phenoxy) is 1. The molecule has 0 aliphatic carbocycles. The summed E-state index contributed by atoms with van der Waals surface area (Å²) in [6.07, 6.45) is 4.91. The summed E-state index contributed by atoms with van der Waals surface area (Å²) < 4.78 is 5.77. The number of anilines is 2. The van der Waals surface area contributed by atoms with Crippen molar-refractivity contribution in [2.45, 2.75) is 33.1 Å². The standard InChI is InChI=1S/C16H24N4OS/c1-3-6-20(7-4-2)13-9-15(17)19-16(10-13)21-8-5-14-11-18-12-22-14/h9-12H,3-8H2,1-2H3,(H2,17,19). The molecule has 0 fully saturated rings. The molecule has 2 heterocycles. The molecule has 0 atom stereocenters. The molecule has 120 valence electrons. The van der Waals surface area contributed by atoms with Crippen molar-refractivity contribution in [3.8, 4) is 5.88 Å². The molecule has 0 spiro atoms. The van der Waals surface area contributed by atoms with Crippen LogP contribution >= 0.6 is 11.3 Å². The van der Waals surface area contributed by atoms with Gasteiger partial charge in [-0.3, -0.25) is 4.98 Å². The molecule has 0 unspecified atom stereocenters. The molecule has 0 radical (unpaired) electrons. The number of hydrogen-bond acceptors (Lipinski definition) is 6. The van der Waals surface area contributed by atoms with Gasteiger partial charge in [-0.1, -0.05) is 13.8 Å². The van der Waals surface area contributed by atoms with Crippen LogP contribution in [0.4, 0.5) is 11.5 Å². The van der Waals surface area contributed by atoms with Gasteiger partial charge in [-0.25, -0.2) is 0 Å². The number of thiazole rings is 1. The Hall–Kier alpha value is -1.82. The van der Waals surface area contributed by atoms with Crippen molar-refractivity contribution in [1.29, 1.82) is 0 Å². The minimum Gasteiger partial charge on any atom is -0.477 e. The van der Waals surface area contributed by atoms with E-state index in [0.29, 0.717) is 18.3 Å². The zero-order valence-electron chi connectivity index (χ0n) is 13.3. The molecular formula is C16H24N4OS. The summed E-state index contributed by atoms with van der Waals surface area (Å²) in [5.74, 6) is 1.10. The van der Waals surface area contributed by atoms with Crippen LogP contribution in [0.2, 0.25) is 0 Å². The molecular weight excluding hydrogens is 296 g/mol. The molecule has 0 saturated heterocycles. The van der Waals surface area contributed by atoms with Crippen molar-refractivity contribution < 1.29 is 4.74 Å². The lowest BCUT2D eigenvalue weighted by atomic mass is 10.3. The Morgan fingerprint density at radius 2 is 2.00 bits per heavy atom. The van der Waals surface area contributed by atoms with Crippen molar-refractivity contribution in [1.82, 2.24) is 9.97 Å². The zero-order chi connectivity index (χ0) is 15.8. The average Bonchev–Trinajstić information content (AvgIpc) is 3.00. The Morgan fingerprint density at radius 3 is 2.64 bits per heavy atom. The first-order chi connectivity index (χ1) is 10.7. The lowest BCUT2D eigenvalue weighted by Crippen LogP contribution is -2.25.